The number of nitrogens with one attached hydrogen (secondary N) is 2. The number of hydrogen-bond acceptors (Lipinski definition) is 4. The van der Waals surface area contributed by atoms with E-state index in [0.29, 0.717) is 5.02 Å². The predicted octanol–water partition coefficient (Wildman–Crippen LogP) is 2.47. The Kier molecular flexibility index (Phi) is 4.11. The van der Waals surface area contributed by atoms with Gasteiger partial charge in [0.05, 0.1) is 11.3 Å². The van der Waals surface area contributed by atoms with Gasteiger partial charge < -0.3 is 10.4 Å². The molecule has 1 heterocycles. The van der Waals surface area contributed by atoms with Crippen molar-refractivity contribution >= 4 is 35.2 Å². The number of halogens is 1. The number of urea groups is 1. The molecule has 1 aromatic carbocycles. The molecule has 0 saturated heterocycles. The Hall–Kier alpha value is -2.67. The lowest BCUT2D eigenvalue weighted by Crippen LogP contribution is -2.22. The second-order valence-corrected chi connectivity index (χ2v) is 4.08. The van der Waals surface area contributed by atoms with Gasteiger partial charge in [0.15, 0.2) is 0 Å². The van der Waals surface area contributed by atoms with Crippen LogP contribution in [0.3, 0.4) is 0 Å². The zero-order valence-corrected chi connectivity index (χ0v) is 10.8. The Morgan fingerprint density at radius 1 is 1.15 bits per heavy atom. The smallest absolute Gasteiger partial charge is 0.337 e. The van der Waals surface area contributed by atoms with Gasteiger partial charge in [-0.25, -0.2) is 19.6 Å². The van der Waals surface area contributed by atoms with E-state index in [9.17, 15) is 9.59 Å². The van der Waals surface area contributed by atoms with Crippen LogP contribution in [-0.4, -0.2) is 27.1 Å². The number of rotatable bonds is 3. The highest BCUT2D eigenvalue weighted by molar-refractivity contribution is 6.31. The van der Waals surface area contributed by atoms with E-state index in [2.05, 4.69) is 20.6 Å². The summed E-state index contributed by atoms with van der Waals surface area (Å²) in [6, 6.07) is 5.01. The number of aromatic nitrogens is 2. The third kappa shape index (κ3) is 3.42. The zero-order valence-electron chi connectivity index (χ0n) is 10.0. The van der Waals surface area contributed by atoms with Crippen molar-refractivity contribution in [3.8, 4) is 0 Å². The van der Waals surface area contributed by atoms with Gasteiger partial charge in [0.25, 0.3) is 0 Å². The fourth-order valence-electron chi connectivity index (χ4n) is 1.43. The molecule has 8 heteroatoms. The third-order valence-electron chi connectivity index (χ3n) is 2.25. The molecule has 0 radical (unpaired) electrons. The Morgan fingerprint density at radius 3 is 2.50 bits per heavy atom. The summed E-state index contributed by atoms with van der Waals surface area (Å²) in [7, 11) is 0. The first-order chi connectivity index (χ1) is 9.56. The van der Waals surface area contributed by atoms with E-state index in [-0.39, 0.29) is 17.2 Å². The first-order valence-corrected chi connectivity index (χ1v) is 5.82. The Morgan fingerprint density at radius 2 is 1.85 bits per heavy atom. The lowest BCUT2D eigenvalue weighted by atomic mass is 10.2. The number of hydrogen-bond donors (Lipinski definition) is 3. The molecule has 2 aromatic rings. The average Bonchev–Trinajstić information content (AvgIpc) is 2.39. The molecule has 0 atom stereocenters. The van der Waals surface area contributed by atoms with Crippen LogP contribution in [-0.2, 0) is 0 Å². The van der Waals surface area contributed by atoms with Crippen molar-refractivity contribution < 1.29 is 14.7 Å². The van der Waals surface area contributed by atoms with E-state index in [1.54, 1.807) is 6.07 Å². The molecule has 3 N–H and O–H groups in total. The normalized spacial score (nSPS) is 9.85. The molecule has 1 aromatic heterocycles. The Bertz CT molecular complexity index is 648. The summed E-state index contributed by atoms with van der Waals surface area (Å²) in [6.45, 7) is 0. The van der Waals surface area contributed by atoms with Crippen molar-refractivity contribution in [2.75, 3.05) is 10.6 Å². The van der Waals surface area contributed by atoms with Crippen LogP contribution in [0.4, 0.5) is 16.4 Å². The number of carboxylic acid groups (broad SMARTS) is 1. The predicted molar refractivity (Wildman–Crippen MR) is 73.1 cm³/mol. The van der Waals surface area contributed by atoms with Crippen LogP contribution < -0.4 is 10.6 Å². The Balaban J connectivity index is 2.15. The molecule has 0 spiro atoms. The zero-order chi connectivity index (χ0) is 14.5. The summed E-state index contributed by atoms with van der Waals surface area (Å²) in [6.07, 6.45) is 2.93. The summed E-state index contributed by atoms with van der Waals surface area (Å²) >= 11 is 5.78. The molecule has 20 heavy (non-hydrogen) atoms. The van der Waals surface area contributed by atoms with Gasteiger partial charge in [-0.3, -0.25) is 5.32 Å². The highest BCUT2D eigenvalue weighted by Crippen LogP contribution is 2.21. The van der Waals surface area contributed by atoms with Crippen molar-refractivity contribution in [1.82, 2.24) is 9.97 Å². The highest BCUT2D eigenvalue weighted by atomic mass is 35.5. The minimum absolute atomic E-state index is 0.0708. The van der Waals surface area contributed by atoms with Crippen LogP contribution in [0.1, 0.15) is 10.4 Å². The molecule has 0 unspecified atom stereocenters. The summed E-state index contributed by atoms with van der Waals surface area (Å²) in [4.78, 5) is 30.4. The van der Waals surface area contributed by atoms with Gasteiger partial charge in [-0.2, -0.15) is 0 Å². The summed E-state index contributed by atoms with van der Waals surface area (Å²) < 4.78 is 0. The first kappa shape index (κ1) is 13.8. The SMILES string of the molecule is O=C(Nc1ncccn1)Nc1cc(Cl)ccc1C(=O)O. The monoisotopic (exact) mass is 292 g/mol. The number of nitrogens with zero attached hydrogens (tertiary/aromatic N) is 2. The lowest BCUT2D eigenvalue weighted by molar-refractivity contribution is 0.0698. The van der Waals surface area contributed by atoms with E-state index < -0.39 is 12.0 Å². The molecule has 2 amide bonds. The van der Waals surface area contributed by atoms with Crippen LogP contribution in [0.15, 0.2) is 36.7 Å². The second-order valence-electron chi connectivity index (χ2n) is 3.65. The topological polar surface area (TPSA) is 104 Å². The van der Waals surface area contributed by atoms with E-state index in [1.165, 1.54) is 30.6 Å². The van der Waals surface area contributed by atoms with Crippen molar-refractivity contribution in [2.24, 2.45) is 0 Å². The summed E-state index contributed by atoms with van der Waals surface area (Å²) in [5.41, 5.74) is 0.0111. The third-order valence-corrected chi connectivity index (χ3v) is 2.49. The van der Waals surface area contributed by atoms with Gasteiger partial charge in [0.1, 0.15) is 0 Å². The number of aromatic carboxylic acids is 1. The molecule has 0 bridgehead atoms. The van der Waals surface area contributed by atoms with Gasteiger partial charge in [-0.1, -0.05) is 11.6 Å². The number of amides is 2. The largest absolute Gasteiger partial charge is 0.478 e. The van der Waals surface area contributed by atoms with E-state index in [1.807, 2.05) is 0 Å². The summed E-state index contributed by atoms with van der Waals surface area (Å²) in [5.74, 6) is -1.07. The molecule has 0 aliphatic heterocycles. The molecular weight excluding hydrogens is 284 g/mol. The number of carboxylic acids is 1. The maximum Gasteiger partial charge on any atom is 0.337 e. The number of carbonyl (C=O) groups excluding carboxylic acids is 1. The number of benzene rings is 1. The van der Waals surface area contributed by atoms with Gasteiger partial charge in [0, 0.05) is 17.4 Å². The van der Waals surface area contributed by atoms with Crippen molar-refractivity contribution in [3.05, 3.63) is 47.2 Å². The number of anilines is 2. The maximum atomic E-state index is 11.7. The molecule has 0 aliphatic carbocycles. The second kappa shape index (κ2) is 5.98. The van der Waals surface area contributed by atoms with E-state index in [0.717, 1.165) is 0 Å². The highest BCUT2D eigenvalue weighted by Gasteiger charge is 2.13. The molecule has 0 saturated carbocycles. The van der Waals surface area contributed by atoms with Gasteiger partial charge in [-0.15, -0.1) is 0 Å². The van der Waals surface area contributed by atoms with Gasteiger partial charge in [-0.05, 0) is 24.3 Å². The summed E-state index contributed by atoms with van der Waals surface area (Å²) in [5, 5.41) is 14.1. The molecule has 0 aliphatic rings. The standard InChI is InChI=1S/C12H9ClN4O3/c13-7-2-3-8(10(18)19)9(6-7)16-12(20)17-11-14-4-1-5-15-11/h1-6H,(H,18,19)(H2,14,15,16,17,20). The van der Waals surface area contributed by atoms with Crippen LogP contribution in [0.25, 0.3) is 0 Å². The molecule has 102 valence electrons. The fourth-order valence-corrected chi connectivity index (χ4v) is 1.60. The van der Waals surface area contributed by atoms with E-state index >= 15 is 0 Å². The maximum absolute atomic E-state index is 11.7. The fraction of sp³-hybridized carbons (Fsp3) is 0. The van der Waals surface area contributed by atoms with Crippen molar-refractivity contribution in [3.63, 3.8) is 0 Å². The van der Waals surface area contributed by atoms with Crippen LogP contribution >= 0.6 is 11.6 Å². The molecule has 2 rings (SSSR count). The van der Waals surface area contributed by atoms with Gasteiger partial charge >= 0.3 is 12.0 Å². The first-order valence-electron chi connectivity index (χ1n) is 5.44. The average molecular weight is 293 g/mol. The van der Waals surface area contributed by atoms with Crippen LogP contribution in [0.5, 0.6) is 0 Å². The molecular formula is C12H9ClN4O3. The van der Waals surface area contributed by atoms with Gasteiger partial charge in [0.2, 0.25) is 5.95 Å². The van der Waals surface area contributed by atoms with E-state index in [4.69, 9.17) is 16.7 Å². The number of carbonyl (C=O) groups is 2. The van der Waals surface area contributed by atoms with Crippen molar-refractivity contribution in [1.29, 1.82) is 0 Å². The molecule has 7 nitrogen and oxygen atoms in total. The van der Waals surface area contributed by atoms with Crippen LogP contribution in [0, 0.1) is 0 Å². The Labute approximate surface area is 118 Å². The quantitative estimate of drug-likeness (QED) is 0.806. The van der Waals surface area contributed by atoms with Crippen molar-refractivity contribution in [2.45, 2.75) is 0 Å². The molecule has 0 fully saturated rings. The minimum atomic E-state index is -1.17. The minimum Gasteiger partial charge on any atom is -0.478 e. The lowest BCUT2D eigenvalue weighted by Gasteiger charge is -2.09. The van der Waals surface area contributed by atoms with Crippen LogP contribution in [0.2, 0.25) is 5.02 Å².